The van der Waals surface area contributed by atoms with Crippen LogP contribution >= 0.6 is 0 Å². The average Bonchev–Trinajstić information content (AvgIpc) is 2.73. The van der Waals surface area contributed by atoms with E-state index in [1.807, 2.05) is 0 Å². The zero-order chi connectivity index (χ0) is 20.0. The van der Waals surface area contributed by atoms with Gasteiger partial charge in [0.15, 0.2) is 6.61 Å². The molecule has 1 aliphatic heterocycles. The van der Waals surface area contributed by atoms with Crippen LogP contribution in [0.25, 0.3) is 0 Å². The highest BCUT2D eigenvalue weighted by atomic mass is 32.2. The van der Waals surface area contributed by atoms with Gasteiger partial charge in [-0.25, -0.2) is 12.8 Å². The first-order valence-electron chi connectivity index (χ1n) is 9.19. The van der Waals surface area contributed by atoms with E-state index >= 15 is 0 Å². The number of ether oxygens (including phenoxy) is 1. The van der Waals surface area contributed by atoms with Gasteiger partial charge >= 0.3 is 0 Å². The molecule has 0 spiro atoms. The van der Waals surface area contributed by atoms with Gasteiger partial charge in [0.25, 0.3) is 5.91 Å². The lowest BCUT2D eigenvalue weighted by Gasteiger charge is -2.25. The Balaban J connectivity index is 1.49. The topological polar surface area (TPSA) is 75.7 Å². The largest absolute Gasteiger partial charge is 0.484 e. The number of rotatable bonds is 7. The highest BCUT2D eigenvalue weighted by Crippen LogP contribution is 2.20. The van der Waals surface area contributed by atoms with E-state index in [0.29, 0.717) is 18.8 Å². The lowest BCUT2D eigenvalue weighted by molar-refractivity contribution is -0.123. The van der Waals surface area contributed by atoms with Crippen LogP contribution in [0.4, 0.5) is 4.39 Å². The molecular weight excluding hydrogens is 383 g/mol. The summed E-state index contributed by atoms with van der Waals surface area (Å²) < 4.78 is 44.9. The minimum Gasteiger partial charge on any atom is -0.484 e. The summed E-state index contributed by atoms with van der Waals surface area (Å²) >= 11 is 0. The molecule has 0 aliphatic carbocycles. The Bertz CT molecular complexity index is 893. The van der Waals surface area contributed by atoms with Crippen molar-refractivity contribution in [3.05, 3.63) is 59.9 Å². The van der Waals surface area contributed by atoms with Crippen molar-refractivity contribution in [1.82, 2.24) is 9.62 Å². The van der Waals surface area contributed by atoms with E-state index < -0.39 is 10.0 Å². The summed E-state index contributed by atoms with van der Waals surface area (Å²) in [5, 5.41) is 2.70. The fourth-order valence-corrected chi connectivity index (χ4v) is 4.48. The van der Waals surface area contributed by atoms with Gasteiger partial charge < -0.3 is 10.1 Å². The summed E-state index contributed by atoms with van der Waals surface area (Å²) in [7, 11) is -3.45. The van der Waals surface area contributed by atoms with Gasteiger partial charge in [0, 0.05) is 19.6 Å². The molecule has 0 radical (unpaired) electrons. The Hall–Kier alpha value is -2.45. The van der Waals surface area contributed by atoms with Gasteiger partial charge in [0.2, 0.25) is 10.0 Å². The average molecular weight is 406 g/mol. The van der Waals surface area contributed by atoms with Gasteiger partial charge in [-0.15, -0.1) is 0 Å². The number of benzene rings is 2. The van der Waals surface area contributed by atoms with Crippen LogP contribution < -0.4 is 10.1 Å². The maximum Gasteiger partial charge on any atom is 0.258 e. The SMILES string of the molecule is O=C(COc1ccc(F)cc1)NCc1ccc(S(=O)(=O)N2CCCCC2)cc1. The highest BCUT2D eigenvalue weighted by Gasteiger charge is 2.25. The number of carbonyl (C=O) groups excluding carboxylic acids is 1. The minimum atomic E-state index is -3.45. The summed E-state index contributed by atoms with van der Waals surface area (Å²) in [6.07, 6.45) is 2.85. The van der Waals surface area contributed by atoms with Crippen molar-refractivity contribution in [2.75, 3.05) is 19.7 Å². The molecular formula is C20H23FN2O4S. The van der Waals surface area contributed by atoms with Gasteiger partial charge in [0.05, 0.1) is 4.90 Å². The van der Waals surface area contributed by atoms with Gasteiger partial charge in [-0.3, -0.25) is 4.79 Å². The number of amides is 1. The molecule has 6 nitrogen and oxygen atoms in total. The molecule has 2 aromatic rings. The lowest BCUT2D eigenvalue weighted by atomic mass is 10.2. The van der Waals surface area contributed by atoms with Crippen molar-refractivity contribution in [1.29, 1.82) is 0 Å². The van der Waals surface area contributed by atoms with E-state index in [9.17, 15) is 17.6 Å². The lowest BCUT2D eigenvalue weighted by Crippen LogP contribution is -2.35. The second kappa shape index (κ2) is 9.16. The molecule has 0 aromatic heterocycles. The summed E-state index contributed by atoms with van der Waals surface area (Å²) in [4.78, 5) is 12.1. The quantitative estimate of drug-likeness (QED) is 0.767. The Morgan fingerprint density at radius 3 is 2.29 bits per heavy atom. The standard InChI is InChI=1S/C20H23FN2O4S/c21-17-6-8-18(9-7-17)27-15-20(24)22-14-16-4-10-19(11-5-16)28(25,26)23-12-2-1-3-13-23/h4-11H,1-3,12-15H2,(H,22,24). The number of piperidine rings is 1. The van der Waals surface area contributed by atoms with Crippen LogP contribution in [-0.2, 0) is 21.4 Å². The normalized spacial score (nSPS) is 15.2. The summed E-state index contributed by atoms with van der Waals surface area (Å²) in [6, 6.07) is 11.9. The molecule has 0 saturated carbocycles. The van der Waals surface area contributed by atoms with Crippen LogP contribution in [0.2, 0.25) is 0 Å². The van der Waals surface area contributed by atoms with E-state index in [1.54, 1.807) is 24.3 Å². The van der Waals surface area contributed by atoms with Crippen LogP contribution in [0.1, 0.15) is 24.8 Å². The fraction of sp³-hybridized carbons (Fsp3) is 0.350. The van der Waals surface area contributed by atoms with E-state index in [2.05, 4.69) is 5.32 Å². The molecule has 3 rings (SSSR count). The van der Waals surface area contributed by atoms with Gasteiger partial charge in [-0.05, 0) is 54.8 Å². The first kappa shape index (κ1) is 20.3. The van der Waals surface area contributed by atoms with Crippen molar-refractivity contribution in [3.8, 4) is 5.75 Å². The Kier molecular flexibility index (Phi) is 6.64. The molecule has 1 aliphatic rings. The van der Waals surface area contributed by atoms with Crippen molar-refractivity contribution in [2.24, 2.45) is 0 Å². The Labute approximate surface area is 164 Å². The van der Waals surface area contributed by atoms with Crippen molar-refractivity contribution >= 4 is 15.9 Å². The predicted octanol–water partition coefficient (Wildman–Crippen LogP) is 2.70. The van der Waals surface area contributed by atoms with Crippen LogP contribution in [0.5, 0.6) is 5.75 Å². The molecule has 1 fully saturated rings. The maximum atomic E-state index is 12.8. The summed E-state index contributed by atoms with van der Waals surface area (Å²) in [5.41, 5.74) is 0.785. The van der Waals surface area contributed by atoms with E-state index in [-0.39, 0.29) is 29.8 Å². The second-order valence-corrected chi connectivity index (χ2v) is 8.57. The summed E-state index contributed by atoms with van der Waals surface area (Å²) in [5.74, 6) is -0.291. The molecule has 2 aromatic carbocycles. The third kappa shape index (κ3) is 5.30. The van der Waals surface area contributed by atoms with Crippen LogP contribution in [0.15, 0.2) is 53.4 Å². The van der Waals surface area contributed by atoms with Gasteiger partial charge in [-0.1, -0.05) is 18.6 Å². The molecule has 28 heavy (non-hydrogen) atoms. The maximum absolute atomic E-state index is 12.8. The minimum absolute atomic E-state index is 0.187. The van der Waals surface area contributed by atoms with Crippen molar-refractivity contribution in [2.45, 2.75) is 30.7 Å². The first-order chi connectivity index (χ1) is 13.4. The summed E-state index contributed by atoms with van der Waals surface area (Å²) in [6.45, 7) is 1.20. The Morgan fingerprint density at radius 2 is 1.64 bits per heavy atom. The molecule has 1 saturated heterocycles. The Morgan fingerprint density at radius 1 is 1.00 bits per heavy atom. The van der Waals surface area contributed by atoms with Crippen LogP contribution in [-0.4, -0.2) is 38.3 Å². The molecule has 0 unspecified atom stereocenters. The third-order valence-corrected chi connectivity index (χ3v) is 6.46. The number of halogens is 1. The number of sulfonamides is 1. The smallest absolute Gasteiger partial charge is 0.258 e. The molecule has 0 bridgehead atoms. The van der Waals surface area contributed by atoms with Crippen LogP contribution in [0, 0.1) is 5.82 Å². The van der Waals surface area contributed by atoms with E-state index in [4.69, 9.17) is 4.74 Å². The number of carbonyl (C=O) groups is 1. The van der Waals surface area contributed by atoms with Crippen molar-refractivity contribution in [3.63, 3.8) is 0 Å². The van der Waals surface area contributed by atoms with Crippen molar-refractivity contribution < 1.29 is 22.3 Å². The van der Waals surface area contributed by atoms with E-state index in [1.165, 1.54) is 28.6 Å². The second-order valence-electron chi connectivity index (χ2n) is 6.63. The number of hydrogen-bond acceptors (Lipinski definition) is 4. The molecule has 1 heterocycles. The zero-order valence-corrected chi connectivity index (χ0v) is 16.3. The molecule has 8 heteroatoms. The molecule has 150 valence electrons. The number of nitrogens with one attached hydrogen (secondary N) is 1. The third-order valence-electron chi connectivity index (χ3n) is 4.55. The highest BCUT2D eigenvalue weighted by molar-refractivity contribution is 7.89. The predicted molar refractivity (Wildman–Crippen MR) is 103 cm³/mol. The fourth-order valence-electron chi connectivity index (χ4n) is 2.96. The van der Waals surface area contributed by atoms with Crippen LogP contribution in [0.3, 0.4) is 0 Å². The number of nitrogens with zero attached hydrogens (tertiary/aromatic N) is 1. The number of hydrogen-bond donors (Lipinski definition) is 1. The monoisotopic (exact) mass is 406 g/mol. The first-order valence-corrected chi connectivity index (χ1v) is 10.6. The molecule has 0 atom stereocenters. The van der Waals surface area contributed by atoms with Gasteiger partial charge in [-0.2, -0.15) is 4.31 Å². The van der Waals surface area contributed by atoms with E-state index in [0.717, 1.165) is 24.8 Å². The molecule has 1 N–H and O–H groups in total. The zero-order valence-electron chi connectivity index (χ0n) is 15.4. The molecule has 1 amide bonds. The van der Waals surface area contributed by atoms with Gasteiger partial charge in [0.1, 0.15) is 11.6 Å².